The third-order valence-electron chi connectivity index (χ3n) is 7.20. The maximum atomic E-state index is 6.25. The minimum absolute atomic E-state index is 0.216. The lowest BCUT2D eigenvalue weighted by Gasteiger charge is -2.33. The summed E-state index contributed by atoms with van der Waals surface area (Å²) in [7, 11) is 0. The molecule has 1 aliphatic carbocycles. The van der Waals surface area contributed by atoms with E-state index < -0.39 is 0 Å². The molecule has 1 N–H and O–H groups in total. The minimum atomic E-state index is 0.216. The molecule has 0 amide bonds. The standard InChI is InChI=1S/C27H28N2O/c1-16-15-30-26-19-11-12-20-18(10-7-13-27(20,2)3)23(19)25-24(22(16)26)28-21(29-25)14-17-8-5-4-6-9-17/h4-6,8-9,11-12,16H,7,10,13-15H2,1-3H3,(H,28,29). The Labute approximate surface area is 177 Å². The van der Waals surface area contributed by atoms with Crippen LogP contribution in [0.4, 0.5) is 0 Å². The van der Waals surface area contributed by atoms with E-state index in [2.05, 4.69) is 68.2 Å². The molecule has 6 rings (SSSR count). The van der Waals surface area contributed by atoms with Crippen LogP contribution in [0.25, 0.3) is 21.8 Å². The Morgan fingerprint density at radius 1 is 1.13 bits per heavy atom. The average Bonchev–Trinajstić information content (AvgIpc) is 3.31. The molecule has 0 saturated carbocycles. The van der Waals surface area contributed by atoms with Gasteiger partial charge in [0.05, 0.1) is 17.6 Å². The fourth-order valence-corrected chi connectivity index (χ4v) is 5.69. The summed E-state index contributed by atoms with van der Waals surface area (Å²) >= 11 is 0. The normalized spacial score (nSPS) is 19.6. The number of aryl methyl sites for hydroxylation is 1. The quantitative estimate of drug-likeness (QED) is 0.425. The van der Waals surface area contributed by atoms with E-state index in [0.717, 1.165) is 36.5 Å². The first kappa shape index (κ1) is 18.0. The van der Waals surface area contributed by atoms with E-state index in [1.807, 2.05) is 0 Å². The largest absolute Gasteiger partial charge is 0.492 e. The number of nitrogens with one attached hydrogen (secondary N) is 1. The molecule has 0 radical (unpaired) electrons. The maximum Gasteiger partial charge on any atom is 0.133 e. The number of fused-ring (bicyclic) bond motifs is 8. The first-order valence-electron chi connectivity index (χ1n) is 11.2. The monoisotopic (exact) mass is 396 g/mol. The number of rotatable bonds is 2. The summed E-state index contributed by atoms with van der Waals surface area (Å²) in [4.78, 5) is 8.88. The van der Waals surface area contributed by atoms with Gasteiger partial charge in [0.2, 0.25) is 0 Å². The second kappa shape index (κ2) is 6.34. The number of aromatic nitrogens is 2. The lowest BCUT2D eigenvalue weighted by atomic mass is 9.71. The molecule has 1 atom stereocenters. The van der Waals surface area contributed by atoms with Crippen LogP contribution in [0.3, 0.4) is 0 Å². The molecule has 0 saturated heterocycles. The third-order valence-corrected chi connectivity index (χ3v) is 7.20. The number of nitrogens with zero attached hydrogens (tertiary/aromatic N) is 1. The highest BCUT2D eigenvalue weighted by Crippen LogP contribution is 2.49. The van der Waals surface area contributed by atoms with E-state index in [1.165, 1.54) is 51.4 Å². The van der Waals surface area contributed by atoms with Crippen molar-refractivity contribution in [3.8, 4) is 5.75 Å². The molecule has 0 spiro atoms. The van der Waals surface area contributed by atoms with Gasteiger partial charge < -0.3 is 9.72 Å². The van der Waals surface area contributed by atoms with Gasteiger partial charge in [-0.3, -0.25) is 0 Å². The maximum absolute atomic E-state index is 6.25. The number of aromatic amines is 1. The van der Waals surface area contributed by atoms with Crippen molar-refractivity contribution in [1.29, 1.82) is 0 Å². The van der Waals surface area contributed by atoms with Crippen LogP contribution in [0.2, 0.25) is 0 Å². The van der Waals surface area contributed by atoms with Gasteiger partial charge >= 0.3 is 0 Å². The molecule has 3 aromatic carbocycles. The van der Waals surface area contributed by atoms with E-state index >= 15 is 0 Å². The van der Waals surface area contributed by atoms with Gasteiger partial charge in [-0.05, 0) is 41.4 Å². The molecular formula is C27H28N2O. The number of benzene rings is 3. The zero-order valence-electron chi connectivity index (χ0n) is 18.0. The summed E-state index contributed by atoms with van der Waals surface area (Å²) in [5, 5.41) is 2.60. The molecule has 4 aromatic rings. The zero-order chi connectivity index (χ0) is 20.5. The summed E-state index contributed by atoms with van der Waals surface area (Å²) in [6, 6.07) is 15.3. The number of hydrogen-bond donors (Lipinski definition) is 1. The van der Waals surface area contributed by atoms with E-state index in [1.54, 1.807) is 0 Å². The molecule has 30 heavy (non-hydrogen) atoms. The van der Waals surface area contributed by atoms with Gasteiger partial charge in [0.15, 0.2) is 0 Å². The smallest absolute Gasteiger partial charge is 0.133 e. The lowest BCUT2D eigenvalue weighted by molar-refractivity contribution is 0.340. The van der Waals surface area contributed by atoms with E-state index in [9.17, 15) is 0 Å². The lowest BCUT2D eigenvalue weighted by Crippen LogP contribution is -2.23. The van der Waals surface area contributed by atoms with Crippen molar-refractivity contribution >= 4 is 21.8 Å². The summed E-state index contributed by atoms with van der Waals surface area (Å²) < 4.78 is 6.25. The molecule has 3 heteroatoms. The van der Waals surface area contributed by atoms with Gasteiger partial charge in [0.25, 0.3) is 0 Å². The molecule has 2 heterocycles. The van der Waals surface area contributed by atoms with Crippen LogP contribution >= 0.6 is 0 Å². The Morgan fingerprint density at radius 2 is 1.97 bits per heavy atom. The van der Waals surface area contributed by atoms with Gasteiger partial charge in [-0.1, -0.05) is 63.2 Å². The summed E-state index contributed by atoms with van der Waals surface area (Å²) in [6.07, 6.45) is 4.43. The summed E-state index contributed by atoms with van der Waals surface area (Å²) in [6.45, 7) is 7.76. The van der Waals surface area contributed by atoms with Gasteiger partial charge in [0, 0.05) is 28.7 Å². The van der Waals surface area contributed by atoms with Crippen LogP contribution in [0.15, 0.2) is 42.5 Å². The Morgan fingerprint density at radius 3 is 2.80 bits per heavy atom. The number of ether oxygens (including phenoxy) is 1. The van der Waals surface area contributed by atoms with Gasteiger partial charge in [-0.2, -0.15) is 0 Å². The van der Waals surface area contributed by atoms with Crippen LogP contribution in [-0.2, 0) is 18.3 Å². The molecular weight excluding hydrogens is 368 g/mol. The highest BCUT2D eigenvalue weighted by Gasteiger charge is 2.33. The first-order valence-corrected chi connectivity index (χ1v) is 11.2. The van der Waals surface area contributed by atoms with Crippen molar-refractivity contribution in [1.82, 2.24) is 9.97 Å². The van der Waals surface area contributed by atoms with Crippen molar-refractivity contribution in [3.63, 3.8) is 0 Å². The summed E-state index contributed by atoms with van der Waals surface area (Å²) in [5.41, 5.74) is 8.09. The predicted octanol–water partition coefficient (Wildman–Crippen LogP) is 6.42. The fraction of sp³-hybridized carbons (Fsp3) is 0.370. The molecule has 0 bridgehead atoms. The molecule has 2 aliphatic rings. The van der Waals surface area contributed by atoms with Crippen molar-refractivity contribution in [3.05, 3.63) is 70.5 Å². The van der Waals surface area contributed by atoms with Crippen LogP contribution in [0.1, 0.15) is 67.6 Å². The molecule has 152 valence electrons. The fourth-order valence-electron chi connectivity index (χ4n) is 5.69. The second-order valence-corrected chi connectivity index (χ2v) is 9.78. The van der Waals surface area contributed by atoms with Crippen LogP contribution < -0.4 is 4.74 Å². The zero-order valence-corrected chi connectivity index (χ0v) is 18.0. The molecule has 1 unspecified atom stereocenters. The topological polar surface area (TPSA) is 37.9 Å². The third kappa shape index (κ3) is 2.54. The first-order chi connectivity index (χ1) is 14.5. The molecule has 3 nitrogen and oxygen atoms in total. The van der Waals surface area contributed by atoms with Crippen LogP contribution in [0.5, 0.6) is 5.75 Å². The van der Waals surface area contributed by atoms with Gasteiger partial charge in [-0.25, -0.2) is 4.98 Å². The minimum Gasteiger partial charge on any atom is -0.492 e. The molecule has 1 aromatic heterocycles. The summed E-state index contributed by atoms with van der Waals surface area (Å²) in [5.74, 6) is 2.47. The Hall–Kier alpha value is -2.81. The van der Waals surface area contributed by atoms with Crippen LogP contribution in [-0.4, -0.2) is 16.6 Å². The van der Waals surface area contributed by atoms with Crippen molar-refractivity contribution in [2.75, 3.05) is 6.61 Å². The van der Waals surface area contributed by atoms with E-state index in [-0.39, 0.29) is 5.41 Å². The molecule has 0 fully saturated rings. The van der Waals surface area contributed by atoms with E-state index in [0.29, 0.717) is 5.92 Å². The number of H-pyrrole nitrogens is 1. The number of hydrogen-bond acceptors (Lipinski definition) is 2. The molecule has 1 aliphatic heterocycles. The Bertz CT molecular complexity index is 1280. The second-order valence-electron chi connectivity index (χ2n) is 9.78. The van der Waals surface area contributed by atoms with Gasteiger partial charge in [-0.15, -0.1) is 0 Å². The van der Waals surface area contributed by atoms with Crippen molar-refractivity contribution in [2.45, 2.75) is 57.8 Å². The SMILES string of the molecule is CC1COc2c1c1nc(Cc3ccccc3)[nH]c1c1c3c(ccc21)C(C)(C)CCC3. The highest BCUT2D eigenvalue weighted by molar-refractivity contribution is 6.12. The van der Waals surface area contributed by atoms with Crippen molar-refractivity contribution in [2.24, 2.45) is 0 Å². The Kier molecular flexibility index (Phi) is 3.80. The van der Waals surface area contributed by atoms with Crippen molar-refractivity contribution < 1.29 is 4.74 Å². The predicted molar refractivity (Wildman–Crippen MR) is 123 cm³/mol. The highest BCUT2D eigenvalue weighted by atomic mass is 16.5. The Balaban J connectivity index is 1.67. The average molecular weight is 397 g/mol. The van der Waals surface area contributed by atoms with E-state index in [4.69, 9.17) is 9.72 Å². The van der Waals surface area contributed by atoms with Gasteiger partial charge in [0.1, 0.15) is 11.6 Å². The van der Waals surface area contributed by atoms with Crippen LogP contribution in [0, 0.1) is 0 Å². The number of imidazole rings is 1.